The molecule has 0 bridgehead atoms. The zero-order valence-electron chi connectivity index (χ0n) is 44.3. The number of methoxy groups -OCH3 is 1. The minimum atomic E-state index is -0.924. The summed E-state index contributed by atoms with van der Waals surface area (Å²) in [6, 6.07) is 13.8. The highest BCUT2D eigenvalue weighted by atomic mass is 32.1. The van der Waals surface area contributed by atoms with E-state index < -0.39 is 29.5 Å². The molecule has 2 aliphatic heterocycles. The second-order valence-electron chi connectivity index (χ2n) is 21.0. The number of fused-ring (bicyclic) bond motifs is 1. The fourth-order valence-electron chi connectivity index (χ4n) is 10.3. The number of ether oxygens (including phenoxy) is 2. The van der Waals surface area contributed by atoms with E-state index in [2.05, 4.69) is 41.0 Å². The van der Waals surface area contributed by atoms with Crippen LogP contribution < -0.4 is 36.5 Å². The average Bonchev–Trinajstić information content (AvgIpc) is 4.02. The predicted octanol–water partition coefficient (Wildman–Crippen LogP) is 5.63. The van der Waals surface area contributed by atoms with Crippen LogP contribution in [0.2, 0.25) is 0 Å². The third-order valence-electron chi connectivity index (χ3n) is 14.7. The fourth-order valence-corrected chi connectivity index (χ4v) is 11.1. The molecular weight excluding hydrogens is 975 g/mol. The number of hydrogen-bond acceptors (Lipinski definition) is 15. The van der Waals surface area contributed by atoms with Gasteiger partial charge in [-0.3, -0.25) is 33.4 Å². The van der Waals surface area contributed by atoms with E-state index >= 15 is 0 Å². The topological polar surface area (TPSA) is 225 Å². The molecule has 2 aromatic carbocycles. The van der Waals surface area contributed by atoms with Gasteiger partial charge in [0.25, 0.3) is 5.56 Å². The number of anilines is 3. The van der Waals surface area contributed by atoms with Crippen molar-refractivity contribution in [1.82, 2.24) is 45.3 Å². The Labute approximate surface area is 442 Å². The summed E-state index contributed by atoms with van der Waals surface area (Å²) in [7, 11) is 1.63. The Kier molecular flexibility index (Phi) is 17.9. The zero-order valence-corrected chi connectivity index (χ0v) is 45.1. The molecule has 2 saturated heterocycles. The summed E-state index contributed by atoms with van der Waals surface area (Å²) >= 11 is 1.58. The van der Waals surface area contributed by atoms with Gasteiger partial charge in [0.2, 0.25) is 29.6 Å². The second-order valence-corrected chi connectivity index (χ2v) is 21.9. The van der Waals surface area contributed by atoms with Crippen molar-refractivity contribution in [3.05, 3.63) is 87.4 Å². The third-order valence-corrected chi connectivity index (χ3v) is 15.6. The average molecular weight is 1050 g/mol. The number of hydrogen-bond donors (Lipinski definition) is 5. The molecule has 5 aromatic rings. The maximum atomic E-state index is 14.1. The summed E-state index contributed by atoms with van der Waals surface area (Å²) in [6.07, 6.45) is 4.62. The van der Waals surface area contributed by atoms with E-state index in [9.17, 15) is 29.1 Å². The van der Waals surface area contributed by atoms with Crippen LogP contribution in [-0.2, 0) is 30.5 Å². The molecule has 3 aliphatic rings. The number of benzene rings is 2. The Morgan fingerprint density at radius 1 is 0.933 bits per heavy atom. The molecule has 19 nitrogen and oxygen atoms in total. The molecule has 0 radical (unpaired) electrons. The first kappa shape index (κ1) is 54.8. The first-order valence-corrected chi connectivity index (χ1v) is 27.1. The van der Waals surface area contributed by atoms with Gasteiger partial charge in [-0.1, -0.05) is 52.0 Å². The van der Waals surface area contributed by atoms with Crippen LogP contribution in [0.4, 0.5) is 17.3 Å². The lowest BCUT2D eigenvalue weighted by molar-refractivity contribution is -0.144. The number of β-amino-alcohol motifs (C(OH)–C–C–N with tert-alkyl or cyclic N) is 1. The van der Waals surface area contributed by atoms with Gasteiger partial charge < -0.3 is 45.6 Å². The molecule has 402 valence electrons. The minimum Gasteiger partial charge on any atom is -0.494 e. The van der Waals surface area contributed by atoms with Crippen LogP contribution in [0.3, 0.4) is 0 Å². The van der Waals surface area contributed by atoms with Gasteiger partial charge in [-0.25, -0.2) is 9.97 Å². The number of aliphatic hydroxyl groups is 1. The number of amides is 4. The molecule has 3 atom stereocenters. The Morgan fingerprint density at radius 2 is 1.68 bits per heavy atom. The number of aliphatic hydroxyl groups excluding tert-OH is 1. The largest absolute Gasteiger partial charge is 0.494 e. The number of piperazine rings is 1. The SMILES string of the molecule is CCC(=O)NC1CCC(n2c(=O)cc(C)c3cnc(Nc4ccc(N5CCN(CCOCCC(=O)N[C@H](C(=O)N6C[C@H](O)C[C@H]6C(=O)NCc6ccc(-c7scnc7C)cc6)C(C)(C)C)CC5)cc4OC)nc32)CC1. The van der Waals surface area contributed by atoms with E-state index in [0.29, 0.717) is 42.6 Å². The number of thiazole rings is 1. The summed E-state index contributed by atoms with van der Waals surface area (Å²) < 4.78 is 13.6. The number of carbonyl (C=O) groups excluding carboxylic acids is 4. The quantitative estimate of drug-likeness (QED) is 0.0633. The van der Waals surface area contributed by atoms with E-state index in [1.54, 1.807) is 35.3 Å². The molecule has 5 heterocycles. The number of carbonyl (C=O) groups is 4. The van der Waals surface area contributed by atoms with Gasteiger partial charge in [-0.2, -0.15) is 4.98 Å². The molecule has 0 spiro atoms. The zero-order chi connectivity index (χ0) is 53.4. The first-order chi connectivity index (χ1) is 36.0. The van der Waals surface area contributed by atoms with E-state index in [4.69, 9.17) is 14.5 Å². The smallest absolute Gasteiger partial charge is 0.252 e. The molecule has 4 amide bonds. The standard InChI is InChI=1S/C55H73N11O8S/c1-8-46(68)59-38-13-15-39(16-14-38)66-48(70)27-34(2)42-31-57-54(62-51(42)66)60-43-18-17-40(28-45(43)73-7)64-22-20-63(21-23-64)24-26-74-25-19-47(69)61-50(55(4,5)6)53(72)65-32-41(67)29-44(65)52(71)56-30-36-9-11-37(12-10-36)49-35(3)58-33-75-49/h9-12,17-18,27-28,31,33,38-39,41,44,50,67H,8,13-16,19-26,29-30,32H2,1-7H3,(H,56,71)(H,59,68)(H,61,69)(H,57,60,62)/t38?,39?,41-,44+,50-/m1/s1. The molecule has 1 aliphatic carbocycles. The van der Waals surface area contributed by atoms with Crippen LogP contribution >= 0.6 is 11.3 Å². The van der Waals surface area contributed by atoms with Crippen LogP contribution in [0.15, 0.2) is 65.0 Å². The summed E-state index contributed by atoms with van der Waals surface area (Å²) in [5, 5.41) is 23.8. The highest BCUT2D eigenvalue weighted by Crippen LogP contribution is 2.35. The van der Waals surface area contributed by atoms with Crippen molar-refractivity contribution >= 4 is 63.3 Å². The van der Waals surface area contributed by atoms with Gasteiger partial charge in [-0.15, -0.1) is 11.3 Å². The number of rotatable bonds is 19. The van der Waals surface area contributed by atoms with Crippen molar-refractivity contribution < 1.29 is 33.8 Å². The Morgan fingerprint density at radius 3 is 2.36 bits per heavy atom. The molecule has 75 heavy (non-hydrogen) atoms. The summed E-state index contributed by atoms with van der Waals surface area (Å²) in [6.45, 7) is 16.1. The summed E-state index contributed by atoms with van der Waals surface area (Å²) in [4.78, 5) is 87.4. The van der Waals surface area contributed by atoms with Gasteiger partial charge in [0, 0.05) is 107 Å². The van der Waals surface area contributed by atoms with E-state index in [1.165, 1.54) is 4.90 Å². The number of nitrogens with zero attached hydrogens (tertiary/aromatic N) is 7. The molecule has 1 saturated carbocycles. The minimum absolute atomic E-state index is 0.000861. The predicted molar refractivity (Wildman–Crippen MR) is 290 cm³/mol. The highest BCUT2D eigenvalue weighted by molar-refractivity contribution is 7.13. The Hall–Kier alpha value is -6.48. The molecule has 5 N–H and O–H groups in total. The van der Waals surface area contributed by atoms with Crippen LogP contribution in [0, 0.1) is 19.3 Å². The van der Waals surface area contributed by atoms with Crippen molar-refractivity contribution in [2.24, 2.45) is 5.41 Å². The number of aromatic nitrogens is 4. The van der Waals surface area contributed by atoms with Gasteiger partial charge in [0.05, 0.1) is 48.2 Å². The van der Waals surface area contributed by atoms with E-state index in [1.807, 2.05) is 89.5 Å². The van der Waals surface area contributed by atoms with Crippen LogP contribution in [0.5, 0.6) is 5.75 Å². The maximum absolute atomic E-state index is 14.1. The Bertz CT molecular complexity index is 2870. The van der Waals surface area contributed by atoms with Crippen molar-refractivity contribution in [2.45, 2.75) is 123 Å². The van der Waals surface area contributed by atoms with Crippen molar-refractivity contribution in [3.63, 3.8) is 0 Å². The molecular formula is C55H73N11O8S. The lowest BCUT2D eigenvalue weighted by Gasteiger charge is -2.36. The highest BCUT2D eigenvalue weighted by Gasteiger charge is 2.44. The summed E-state index contributed by atoms with van der Waals surface area (Å²) in [5.74, 6) is -0.0723. The van der Waals surface area contributed by atoms with E-state index in [0.717, 1.165) is 90.2 Å². The number of pyridine rings is 1. The molecule has 3 fully saturated rings. The Balaban J connectivity index is 0.777. The van der Waals surface area contributed by atoms with E-state index in [-0.39, 0.29) is 67.9 Å². The van der Waals surface area contributed by atoms with Crippen molar-refractivity contribution in [2.75, 3.05) is 69.8 Å². The molecule has 3 aromatic heterocycles. The van der Waals surface area contributed by atoms with Crippen molar-refractivity contribution in [1.29, 1.82) is 0 Å². The van der Waals surface area contributed by atoms with Crippen LogP contribution in [0.1, 0.15) is 95.5 Å². The first-order valence-electron chi connectivity index (χ1n) is 26.2. The van der Waals surface area contributed by atoms with Crippen molar-refractivity contribution in [3.8, 4) is 16.2 Å². The van der Waals surface area contributed by atoms with Crippen LogP contribution in [0.25, 0.3) is 21.5 Å². The van der Waals surface area contributed by atoms with Crippen LogP contribution in [-0.4, -0.2) is 142 Å². The molecule has 20 heteroatoms. The number of aryl methyl sites for hydroxylation is 2. The van der Waals surface area contributed by atoms with Gasteiger partial charge in [-0.05, 0) is 73.8 Å². The molecule has 0 unspecified atom stereocenters. The molecule has 8 rings (SSSR count). The number of nitrogens with one attached hydrogen (secondary N) is 4. The maximum Gasteiger partial charge on any atom is 0.252 e. The second kappa shape index (κ2) is 24.5. The lowest BCUT2D eigenvalue weighted by atomic mass is 9.85. The van der Waals surface area contributed by atoms with Gasteiger partial charge in [0.1, 0.15) is 23.5 Å². The lowest BCUT2D eigenvalue weighted by Crippen LogP contribution is -2.57. The normalized spacial score (nSPS) is 19.7. The summed E-state index contributed by atoms with van der Waals surface area (Å²) in [5.41, 5.74) is 7.07. The van der Waals surface area contributed by atoms with Gasteiger partial charge in [0.15, 0.2) is 0 Å². The monoisotopic (exact) mass is 1050 g/mol. The fraction of sp³-hybridized carbons (Fsp3) is 0.527. The van der Waals surface area contributed by atoms with Gasteiger partial charge >= 0.3 is 0 Å². The number of likely N-dealkylation sites (tertiary alicyclic amines) is 1. The third kappa shape index (κ3) is 13.5.